The van der Waals surface area contributed by atoms with Crippen LogP contribution in [0.2, 0.25) is 10.0 Å². The van der Waals surface area contributed by atoms with Crippen LogP contribution >= 0.6 is 35.4 Å². The highest BCUT2D eigenvalue weighted by Gasteiger charge is 2.30. The minimum absolute atomic E-state index is 0.414. The van der Waals surface area contributed by atoms with Crippen LogP contribution in [0.15, 0.2) is 29.5 Å². The number of carbonyl (C=O) groups excluding carboxylic acids is 1. The van der Waals surface area contributed by atoms with Gasteiger partial charge in [-0.3, -0.25) is 0 Å². The van der Waals surface area contributed by atoms with Gasteiger partial charge in [-0.2, -0.15) is 0 Å². The van der Waals surface area contributed by atoms with E-state index in [9.17, 15) is 4.79 Å². The number of allylic oxidation sites excluding steroid dienone is 1. The summed E-state index contributed by atoms with van der Waals surface area (Å²) in [5, 5.41) is 7.25. The lowest BCUT2D eigenvalue weighted by molar-refractivity contribution is -0.136. The molecular formula is C13H12Cl2N2O2S. The van der Waals surface area contributed by atoms with Gasteiger partial charge in [-0.25, -0.2) is 4.79 Å². The Labute approximate surface area is 132 Å². The van der Waals surface area contributed by atoms with Crippen LogP contribution in [-0.4, -0.2) is 18.2 Å². The molecular weight excluding hydrogens is 319 g/mol. The summed E-state index contributed by atoms with van der Waals surface area (Å²) in [4.78, 5) is 12.0. The second kappa shape index (κ2) is 5.99. The predicted molar refractivity (Wildman–Crippen MR) is 82.8 cm³/mol. The topological polar surface area (TPSA) is 50.4 Å². The molecule has 4 nitrogen and oxygen atoms in total. The van der Waals surface area contributed by atoms with Crippen molar-refractivity contribution in [1.29, 1.82) is 0 Å². The molecule has 2 N–H and O–H groups in total. The first-order chi connectivity index (χ1) is 9.43. The van der Waals surface area contributed by atoms with Crippen LogP contribution in [0.3, 0.4) is 0 Å². The molecule has 0 spiro atoms. The standard InChI is InChI=1S/C13H12Cl2N2O2S/c1-6-10(12(18)19-2)11(17-13(20)16-6)7-3-4-8(14)9(15)5-7/h3-5,11H,1-2H3,(H2,16,17,20)/t11-/m1/s1. The van der Waals surface area contributed by atoms with Gasteiger partial charge in [0.15, 0.2) is 5.11 Å². The molecule has 0 saturated carbocycles. The van der Waals surface area contributed by atoms with Gasteiger partial charge in [-0.15, -0.1) is 0 Å². The zero-order valence-corrected chi connectivity index (χ0v) is 13.1. The highest BCUT2D eigenvalue weighted by Crippen LogP contribution is 2.31. The van der Waals surface area contributed by atoms with Crippen molar-refractivity contribution in [3.8, 4) is 0 Å². The van der Waals surface area contributed by atoms with Gasteiger partial charge < -0.3 is 15.4 Å². The molecule has 0 aliphatic carbocycles. The third-order valence-corrected chi connectivity index (χ3v) is 3.91. The number of benzene rings is 1. The Hall–Kier alpha value is -1.30. The Morgan fingerprint density at radius 1 is 1.35 bits per heavy atom. The first kappa shape index (κ1) is 15.1. The van der Waals surface area contributed by atoms with Crippen LogP contribution < -0.4 is 10.6 Å². The smallest absolute Gasteiger partial charge is 0.337 e. The average Bonchev–Trinajstić information content (AvgIpc) is 2.40. The minimum Gasteiger partial charge on any atom is -0.466 e. The number of esters is 1. The number of hydrogen-bond donors (Lipinski definition) is 2. The van der Waals surface area contributed by atoms with Crippen LogP contribution in [-0.2, 0) is 9.53 Å². The maximum absolute atomic E-state index is 12.0. The fourth-order valence-electron chi connectivity index (χ4n) is 2.02. The fraction of sp³-hybridized carbons (Fsp3) is 0.231. The lowest BCUT2D eigenvalue weighted by atomic mass is 9.96. The van der Waals surface area contributed by atoms with Crippen LogP contribution in [0.25, 0.3) is 0 Å². The van der Waals surface area contributed by atoms with E-state index in [1.54, 1.807) is 25.1 Å². The van der Waals surface area contributed by atoms with Crippen molar-refractivity contribution in [2.45, 2.75) is 13.0 Å². The Balaban J connectivity index is 2.50. The van der Waals surface area contributed by atoms with E-state index in [-0.39, 0.29) is 0 Å². The first-order valence-electron chi connectivity index (χ1n) is 5.75. The van der Waals surface area contributed by atoms with Crippen LogP contribution in [0, 0.1) is 0 Å². The van der Waals surface area contributed by atoms with Gasteiger partial charge in [0.1, 0.15) is 0 Å². The molecule has 20 heavy (non-hydrogen) atoms. The number of rotatable bonds is 2. The van der Waals surface area contributed by atoms with Crippen molar-refractivity contribution in [3.63, 3.8) is 0 Å². The third kappa shape index (κ3) is 2.90. The summed E-state index contributed by atoms with van der Waals surface area (Å²) in [7, 11) is 1.33. The van der Waals surface area contributed by atoms with Crippen LogP contribution in [0.5, 0.6) is 0 Å². The number of thiocarbonyl (C=S) groups is 1. The molecule has 0 bridgehead atoms. The molecule has 1 aliphatic rings. The molecule has 7 heteroatoms. The third-order valence-electron chi connectivity index (χ3n) is 2.95. The van der Waals surface area contributed by atoms with Crippen molar-refractivity contribution >= 4 is 46.5 Å². The Morgan fingerprint density at radius 3 is 2.65 bits per heavy atom. The van der Waals surface area contributed by atoms with Crippen LogP contribution in [0.1, 0.15) is 18.5 Å². The van der Waals surface area contributed by atoms with E-state index in [4.69, 9.17) is 40.2 Å². The Morgan fingerprint density at radius 2 is 2.05 bits per heavy atom. The summed E-state index contributed by atoms with van der Waals surface area (Å²) < 4.78 is 4.82. The molecule has 2 rings (SSSR count). The van der Waals surface area contributed by atoms with Crippen molar-refractivity contribution in [1.82, 2.24) is 10.6 Å². The van der Waals surface area contributed by atoms with Crippen molar-refractivity contribution in [2.24, 2.45) is 0 Å². The summed E-state index contributed by atoms with van der Waals surface area (Å²) in [5.41, 5.74) is 1.89. The molecule has 1 atom stereocenters. The lowest BCUT2D eigenvalue weighted by Gasteiger charge is -2.29. The van der Waals surface area contributed by atoms with Gasteiger partial charge in [-0.1, -0.05) is 29.3 Å². The summed E-state index contributed by atoms with van der Waals surface area (Å²) in [6, 6.07) is 4.74. The molecule has 0 unspecified atom stereocenters. The summed E-state index contributed by atoms with van der Waals surface area (Å²) in [6.45, 7) is 1.77. The first-order valence-corrected chi connectivity index (χ1v) is 6.92. The van der Waals surface area contributed by atoms with Gasteiger partial charge in [0.2, 0.25) is 0 Å². The average molecular weight is 331 g/mol. The normalized spacial score (nSPS) is 18.4. The van der Waals surface area contributed by atoms with Gasteiger partial charge in [0, 0.05) is 5.70 Å². The van der Waals surface area contributed by atoms with Crippen LogP contribution in [0.4, 0.5) is 0 Å². The molecule has 0 radical (unpaired) electrons. The summed E-state index contributed by atoms with van der Waals surface area (Å²) in [5.74, 6) is -0.430. The Bertz CT molecular complexity index is 616. The largest absolute Gasteiger partial charge is 0.466 e. The van der Waals surface area contributed by atoms with E-state index in [2.05, 4.69) is 10.6 Å². The zero-order valence-electron chi connectivity index (χ0n) is 10.8. The number of nitrogens with one attached hydrogen (secondary N) is 2. The number of carbonyl (C=O) groups is 1. The molecule has 106 valence electrons. The van der Waals surface area contributed by atoms with E-state index in [1.807, 2.05) is 0 Å². The number of methoxy groups -OCH3 is 1. The second-order valence-electron chi connectivity index (χ2n) is 4.24. The molecule has 0 aromatic heterocycles. The zero-order chi connectivity index (χ0) is 14.9. The molecule has 0 amide bonds. The second-order valence-corrected chi connectivity index (χ2v) is 5.46. The van der Waals surface area contributed by atoms with Gasteiger partial charge >= 0.3 is 5.97 Å². The number of hydrogen-bond acceptors (Lipinski definition) is 3. The van der Waals surface area contributed by atoms with Gasteiger partial charge in [0.05, 0.1) is 28.8 Å². The molecule has 1 aromatic rings. The SMILES string of the molecule is COC(=O)C1=C(C)NC(=S)N[C@@H]1c1ccc(Cl)c(Cl)c1. The molecule has 1 aromatic carbocycles. The fourth-order valence-corrected chi connectivity index (χ4v) is 2.59. The van der Waals surface area contributed by atoms with Gasteiger partial charge in [0.25, 0.3) is 0 Å². The van der Waals surface area contributed by atoms with E-state index < -0.39 is 12.0 Å². The summed E-state index contributed by atoms with van der Waals surface area (Å²) in [6.07, 6.45) is 0. The molecule has 0 fully saturated rings. The lowest BCUT2D eigenvalue weighted by Crippen LogP contribution is -2.45. The predicted octanol–water partition coefficient (Wildman–Crippen LogP) is 2.96. The van der Waals surface area contributed by atoms with Crippen molar-refractivity contribution in [3.05, 3.63) is 45.1 Å². The highest BCUT2D eigenvalue weighted by atomic mass is 35.5. The van der Waals surface area contributed by atoms with Crippen molar-refractivity contribution in [2.75, 3.05) is 7.11 Å². The number of ether oxygens (including phenoxy) is 1. The summed E-state index contributed by atoms with van der Waals surface area (Å²) >= 11 is 17.1. The maximum Gasteiger partial charge on any atom is 0.337 e. The molecule has 0 saturated heterocycles. The molecule has 1 aliphatic heterocycles. The Kier molecular flexibility index (Phi) is 4.52. The highest BCUT2D eigenvalue weighted by molar-refractivity contribution is 7.80. The van der Waals surface area contributed by atoms with E-state index in [0.717, 1.165) is 5.56 Å². The quantitative estimate of drug-likeness (QED) is 0.645. The van der Waals surface area contributed by atoms with Gasteiger partial charge in [-0.05, 0) is 36.8 Å². The minimum atomic E-state index is -0.430. The van der Waals surface area contributed by atoms with Crippen molar-refractivity contribution < 1.29 is 9.53 Å². The van der Waals surface area contributed by atoms with E-state index in [0.29, 0.717) is 26.4 Å². The number of halogens is 2. The maximum atomic E-state index is 12.0. The molecule has 1 heterocycles. The monoisotopic (exact) mass is 330 g/mol. The van der Waals surface area contributed by atoms with E-state index >= 15 is 0 Å². The van der Waals surface area contributed by atoms with E-state index in [1.165, 1.54) is 7.11 Å².